The van der Waals surface area contributed by atoms with Crippen LogP contribution in [0.5, 0.6) is 11.5 Å². The Labute approximate surface area is 185 Å². The molecule has 1 amide bonds. The summed E-state index contributed by atoms with van der Waals surface area (Å²) >= 11 is 5.96. The SMILES string of the molecule is COC(=O)[C@H]1CN(C(=O)CN(C)S(=O)(=O)c2cc(Cl)ccc2OC)c2ccccc2O1. The molecule has 3 rings (SSSR count). The lowest BCUT2D eigenvalue weighted by Crippen LogP contribution is -2.50. The third-order valence-electron chi connectivity index (χ3n) is 4.71. The van der Waals surface area contributed by atoms with Crippen LogP contribution in [0.1, 0.15) is 0 Å². The Hall–Kier alpha value is -2.82. The molecule has 2 aromatic carbocycles. The Bertz CT molecular complexity index is 1110. The van der Waals surface area contributed by atoms with E-state index in [1.807, 2.05) is 0 Å². The molecule has 166 valence electrons. The third kappa shape index (κ3) is 4.60. The quantitative estimate of drug-likeness (QED) is 0.597. The van der Waals surface area contributed by atoms with Crippen LogP contribution in [0.15, 0.2) is 47.4 Å². The van der Waals surface area contributed by atoms with Gasteiger partial charge < -0.3 is 19.1 Å². The predicted octanol–water partition coefficient (Wildman–Crippen LogP) is 1.94. The number of benzene rings is 2. The zero-order valence-corrected chi connectivity index (χ0v) is 18.6. The van der Waals surface area contributed by atoms with E-state index < -0.39 is 34.5 Å². The van der Waals surface area contributed by atoms with E-state index in [2.05, 4.69) is 0 Å². The maximum Gasteiger partial charge on any atom is 0.348 e. The first kappa shape index (κ1) is 22.9. The highest BCUT2D eigenvalue weighted by Gasteiger charge is 2.36. The molecule has 0 N–H and O–H groups in total. The van der Waals surface area contributed by atoms with E-state index in [0.29, 0.717) is 11.4 Å². The van der Waals surface area contributed by atoms with Gasteiger partial charge in [0.15, 0.2) is 0 Å². The van der Waals surface area contributed by atoms with Crippen LogP contribution < -0.4 is 14.4 Å². The topological polar surface area (TPSA) is 102 Å². The van der Waals surface area contributed by atoms with Crippen LogP contribution in [-0.4, -0.2) is 65.1 Å². The first-order valence-corrected chi connectivity index (χ1v) is 10.9. The highest BCUT2D eigenvalue weighted by molar-refractivity contribution is 7.89. The second-order valence-corrected chi connectivity index (χ2v) is 9.11. The summed E-state index contributed by atoms with van der Waals surface area (Å²) < 4.78 is 42.5. The monoisotopic (exact) mass is 468 g/mol. The van der Waals surface area contributed by atoms with E-state index in [4.69, 9.17) is 25.8 Å². The van der Waals surface area contributed by atoms with Crippen molar-refractivity contribution in [2.45, 2.75) is 11.0 Å². The molecule has 0 aliphatic carbocycles. The fraction of sp³-hybridized carbons (Fsp3) is 0.300. The number of likely N-dealkylation sites (N-methyl/N-ethyl adjacent to an activating group) is 1. The van der Waals surface area contributed by atoms with Crippen molar-refractivity contribution in [3.05, 3.63) is 47.5 Å². The Morgan fingerprint density at radius 2 is 1.94 bits per heavy atom. The van der Waals surface area contributed by atoms with Crippen molar-refractivity contribution in [3.63, 3.8) is 0 Å². The molecule has 1 atom stereocenters. The Balaban J connectivity index is 1.88. The van der Waals surface area contributed by atoms with E-state index in [0.717, 1.165) is 4.31 Å². The van der Waals surface area contributed by atoms with E-state index in [1.54, 1.807) is 24.3 Å². The molecule has 31 heavy (non-hydrogen) atoms. The minimum atomic E-state index is -4.10. The minimum absolute atomic E-state index is 0.103. The van der Waals surface area contributed by atoms with Crippen LogP contribution in [0.25, 0.3) is 0 Å². The zero-order valence-electron chi connectivity index (χ0n) is 17.1. The summed E-state index contributed by atoms with van der Waals surface area (Å²) in [5, 5.41) is 0.210. The van der Waals surface area contributed by atoms with Gasteiger partial charge in [-0.15, -0.1) is 0 Å². The van der Waals surface area contributed by atoms with Crippen molar-refractivity contribution in [2.24, 2.45) is 0 Å². The number of methoxy groups -OCH3 is 2. The lowest BCUT2D eigenvalue weighted by atomic mass is 10.2. The van der Waals surface area contributed by atoms with Crippen LogP contribution in [-0.2, 0) is 24.3 Å². The van der Waals surface area contributed by atoms with Gasteiger partial charge in [-0.2, -0.15) is 4.31 Å². The number of para-hydroxylation sites is 2. The number of carbonyl (C=O) groups excluding carboxylic acids is 2. The number of rotatable bonds is 6. The molecule has 0 radical (unpaired) electrons. The van der Waals surface area contributed by atoms with Gasteiger partial charge in [-0.05, 0) is 30.3 Å². The summed E-state index contributed by atoms with van der Waals surface area (Å²) in [5.41, 5.74) is 0.429. The van der Waals surface area contributed by atoms with Crippen LogP contribution in [0.3, 0.4) is 0 Å². The van der Waals surface area contributed by atoms with E-state index in [1.165, 1.54) is 44.4 Å². The molecule has 9 nitrogen and oxygen atoms in total. The molecule has 1 aliphatic heterocycles. The molecule has 0 bridgehead atoms. The van der Waals surface area contributed by atoms with Gasteiger partial charge in [0.25, 0.3) is 0 Å². The number of sulfonamides is 1. The van der Waals surface area contributed by atoms with E-state index in [-0.39, 0.29) is 22.2 Å². The normalized spacial score (nSPS) is 15.8. The summed E-state index contributed by atoms with van der Waals surface area (Å²) in [6, 6.07) is 10.9. The van der Waals surface area contributed by atoms with Crippen LogP contribution in [0.2, 0.25) is 5.02 Å². The number of hydrogen-bond donors (Lipinski definition) is 0. The van der Waals surface area contributed by atoms with Crippen molar-refractivity contribution < 1.29 is 32.2 Å². The third-order valence-corrected chi connectivity index (χ3v) is 6.77. The molecule has 0 saturated carbocycles. The van der Waals surface area contributed by atoms with Crippen molar-refractivity contribution in [3.8, 4) is 11.5 Å². The molecule has 0 aromatic heterocycles. The molecule has 11 heteroatoms. The first-order chi connectivity index (χ1) is 14.7. The van der Waals surface area contributed by atoms with Crippen molar-refractivity contribution in [1.29, 1.82) is 0 Å². The summed E-state index contributed by atoms with van der Waals surface area (Å²) in [5.74, 6) is -0.764. The largest absolute Gasteiger partial charge is 0.495 e. The number of ether oxygens (including phenoxy) is 3. The van der Waals surface area contributed by atoms with Crippen LogP contribution in [0, 0.1) is 0 Å². The number of nitrogens with zero attached hydrogens (tertiary/aromatic N) is 2. The van der Waals surface area contributed by atoms with Gasteiger partial charge >= 0.3 is 5.97 Å². The number of hydrogen-bond acceptors (Lipinski definition) is 7. The highest BCUT2D eigenvalue weighted by atomic mass is 35.5. The van der Waals surface area contributed by atoms with Gasteiger partial charge in [-0.3, -0.25) is 4.79 Å². The second kappa shape index (κ2) is 9.13. The molecule has 0 unspecified atom stereocenters. The standard InChI is InChI=1S/C20H21ClN2O7S/c1-22(31(26,27)18-10-13(21)8-9-16(18)28-2)12-19(24)23-11-17(20(25)29-3)30-15-7-5-4-6-14(15)23/h4-10,17H,11-12H2,1-3H3/t17-/m1/s1. The average molecular weight is 469 g/mol. The number of amides is 1. The number of carbonyl (C=O) groups is 2. The number of anilines is 1. The van der Waals surface area contributed by atoms with E-state index >= 15 is 0 Å². The second-order valence-electron chi connectivity index (χ2n) is 6.66. The van der Waals surface area contributed by atoms with Gasteiger partial charge in [-0.25, -0.2) is 13.2 Å². The van der Waals surface area contributed by atoms with Crippen molar-refractivity contribution in [2.75, 3.05) is 39.3 Å². The number of halogens is 1. The highest BCUT2D eigenvalue weighted by Crippen LogP contribution is 2.34. The summed E-state index contributed by atoms with van der Waals surface area (Å²) in [7, 11) is -0.263. The van der Waals surface area contributed by atoms with Crippen LogP contribution in [0.4, 0.5) is 5.69 Å². The summed E-state index contributed by atoms with van der Waals surface area (Å²) in [4.78, 5) is 26.2. The van der Waals surface area contributed by atoms with Crippen molar-refractivity contribution in [1.82, 2.24) is 4.31 Å². The van der Waals surface area contributed by atoms with Gasteiger partial charge in [0.05, 0.1) is 33.0 Å². The zero-order chi connectivity index (χ0) is 22.8. The first-order valence-electron chi connectivity index (χ1n) is 9.12. The molecule has 1 aliphatic rings. The number of fused-ring (bicyclic) bond motifs is 1. The molecule has 1 heterocycles. The molecule has 0 saturated heterocycles. The average Bonchev–Trinajstić information content (AvgIpc) is 2.77. The maximum absolute atomic E-state index is 13.1. The van der Waals surface area contributed by atoms with Gasteiger partial charge in [0.1, 0.15) is 16.4 Å². The molecular weight excluding hydrogens is 448 g/mol. The smallest absolute Gasteiger partial charge is 0.348 e. The van der Waals surface area contributed by atoms with Crippen LogP contribution >= 0.6 is 11.6 Å². The molecule has 0 fully saturated rings. The molecule has 2 aromatic rings. The Morgan fingerprint density at radius 3 is 2.61 bits per heavy atom. The summed E-state index contributed by atoms with van der Waals surface area (Å²) in [6.07, 6.45) is -1.03. The number of esters is 1. The minimum Gasteiger partial charge on any atom is -0.495 e. The predicted molar refractivity (Wildman–Crippen MR) is 113 cm³/mol. The summed E-state index contributed by atoms with van der Waals surface area (Å²) in [6.45, 7) is -0.600. The lowest BCUT2D eigenvalue weighted by molar-refractivity contribution is -0.148. The van der Waals surface area contributed by atoms with Gasteiger partial charge in [-0.1, -0.05) is 23.7 Å². The molecular formula is C20H21ClN2O7S. The lowest BCUT2D eigenvalue weighted by Gasteiger charge is -2.34. The fourth-order valence-electron chi connectivity index (χ4n) is 3.11. The molecule has 0 spiro atoms. The van der Waals surface area contributed by atoms with Crippen molar-refractivity contribution >= 4 is 39.2 Å². The Morgan fingerprint density at radius 1 is 1.23 bits per heavy atom. The fourth-order valence-corrected chi connectivity index (χ4v) is 4.64. The van der Waals surface area contributed by atoms with E-state index in [9.17, 15) is 18.0 Å². The maximum atomic E-state index is 13.1. The van der Waals surface area contributed by atoms with Gasteiger partial charge in [0, 0.05) is 12.1 Å². The van der Waals surface area contributed by atoms with Gasteiger partial charge in [0.2, 0.25) is 22.0 Å². The Kier molecular flexibility index (Phi) is 6.73.